The van der Waals surface area contributed by atoms with Gasteiger partial charge in [0.25, 0.3) is 0 Å². The highest BCUT2D eigenvalue weighted by Gasteiger charge is 2.21. The van der Waals surface area contributed by atoms with Gasteiger partial charge in [0.2, 0.25) is 0 Å². The van der Waals surface area contributed by atoms with Crippen LogP contribution in [0.2, 0.25) is 0 Å². The summed E-state index contributed by atoms with van der Waals surface area (Å²) in [6, 6.07) is -14.6. The first kappa shape index (κ1) is 9.40. The van der Waals surface area contributed by atoms with E-state index in [2.05, 4.69) is 0 Å². The maximum atomic E-state index is 14.4. The minimum Gasteiger partial charge on any atom is -0.334 e. The average Bonchev–Trinajstić information content (AvgIpc) is 3.13. The predicted octanol–water partition coefficient (Wildman–Crippen LogP) is 6.58. The fourth-order valence-corrected chi connectivity index (χ4v) is 4.34. The fraction of sp³-hybridized carbons (Fsp3) is 0.0625. The third-order valence-electron chi connectivity index (χ3n) is 5.86. The summed E-state index contributed by atoms with van der Waals surface area (Å²) in [7, 11) is 0. The van der Waals surface area contributed by atoms with Crippen LogP contribution in [0, 0.1) is 0 Å². The van der Waals surface area contributed by atoms with Crippen molar-refractivity contribution >= 4 is 49.5 Å². The SMILES string of the molecule is [2H]C1=CC(N(c2cc([2H])c([2H])c([2H])c2[2H])c2c([2H])c([2H])c3c(=O)c4c([2H])c([2H])c([2H])c5c(=O)c6c([2H])c([2H])c([2H])c([2H])c6n(c3c2[2H])c54)C([2H])C([2H])=C1[2H]. The van der Waals surface area contributed by atoms with Gasteiger partial charge in [0.15, 0.2) is 10.9 Å². The van der Waals surface area contributed by atoms with Crippen LogP contribution in [-0.4, -0.2) is 10.4 Å². The molecule has 0 saturated heterocycles. The van der Waals surface area contributed by atoms with Gasteiger partial charge in [-0.3, -0.25) is 9.59 Å². The predicted molar refractivity (Wildman–Crippen MR) is 149 cm³/mol. The van der Waals surface area contributed by atoms with Crippen molar-refractivity contribution in [2.24, 2.45) is 0 Å². The quantitative estimate of drug-likeness (QED) is 0.210. The van der Waals surface area contributed by atoms with E-state index in [0.717, 1.165) is 21.4 Å². The van der Waals surface area contributed by atoms with Crippen molar-refractivity contribution < 1.29 is 24.7 Å². The Kier molecular flexibility index (Phi) is 2.07. The molecule has 4 heteroatoms. The molecule has 4 aromatic carbocycles. The molecule has 7 rings (SSSR count). The van der Waals surface area contributed by atoms with E-state index in [0.29, 0.717) is 0 Å². The van der Waals surface area contributed by atoms with Crippen LogP contribution in [0.25, 0.3) is 38.1 Å². The van der Waals surface area contributed by atoms with E-state index in [9.17, 15) is 12.3 Å². The largest absolute Gasteiger partial charge is 0.334 e. The molecule has 0 radical (unpaired) electrons. The minimum absolute atomic E-state index is 0.505. The Labute approximate surface area is 232 Å². The molecule has 2 unspecified atom stereocenters. The molecule has 0 bridgehead atoms. The number of fused-ring (bicyclic) bond motifs is 4. The van der Waals surface area contributed by atoms with E-state index in [4.69, 9.17) is 21.9 Å². The van der Waals surface area contributed by atoms with Crippen LogP contribution in [0.15, 0.2) is 124 Å². The highest BCUT2D eigenvalue weighted by atomic mass is 16.1. The van der Waals surface area contributed by atoms with E-state index in [1.54, 1.807) is 0 Å². The van der Waals surface area contributed by atoms with Gasteiger partial charge in [-0.2, -0.15) is 0 Å². The minimum atomic E-state index is -1.80. The van der Waals surface area contributed by atoms with E-state index < -0.39 is 176 Å². The maximum Gasteiger partial charge on any atom is 0.197 e. The standard InChI is InChI=1S/C32H22N2O2/c35-31-24-14-7-8-17-28(24)34-29-20-23(18-19-25(29)32(36)27-16-9-15-26(31)30(27)34)33(21-10-3-1-4-11-21)22-12-5-2-6-13-22/h1-12,14-20,22H,13H2/i1D,2D,3D,4D,5D,6D,7D,8D,9D,10D,13D,14D,15D,16D,17D,18D,19D,20D. The zero-order chi connectivity index (χ0) is 39.9. The van der Waals surface area contributed by atoms with Crippen LogP contribution in [0.3, 0.4) is 0 Å². The second kappa shape index (κ2) is 7.92. The van der Waals surface area contributed by atoms with Gasteiger partial charge in [0.1, 0.15) is 0 Å². The Balaban J connectivity index is 1.84. The molecule has 36 heavy (non-hydrogen) atoms. The summed E-state index contributed by atoms with van der Waals surface area (Å²) < 4.78 is 156. The van der Waals surface area contributed by atoms with Crippen LogP contribution in [0.1, 0.15) is 31.1 Å². The van der Waals surface area contributed by atoms with Gasteiger partial charge >= 0.3 is 0 Å². The van der Waals surface area contributed by atoms with E-state index in [1.807, 2.05) is 0 Å². The van der Waals surface area contributed by atoms with Gasteiger partial charge in [-0.15, -0.1) is 0 Å². The summed E-state index contributed by atoms with van der Waals surface area (Å²) in [5, 5.41) is -2.94. The summed E-state index contributed by atoms with van der Waals surface area (Å²) in [6.45, 7) is 0. The molecule has 2 aromatic heterocycles. The Morgan fingerprint density at radius 3 is 2.36 bits per heavy atom. The van der Waals surface area contributed by atoms with E-state index in [-0.39, 0.29) is 0 Å². The highest BCUT2D eigenvalue weighted by molar-refractivity contribution is 6.08. The zero-order valence-electron chi connectivity index (χ0n) is 36.0. The third kappa shape index (κ3) is 2.94. The molecule has 1 aliphatic rings. The number of allylic oxidation sites excluding steroid dienone is 2. The first-order valence-corrected chi connectivity index (χ1v) is 10.6. The van der Waals surface area contributed by atoms with Crippen molar-refractivity contribution in [2.45, 2.75) is 12.4 Å². The van der Waals surface area contributed by atoms with Gasteiger partial charge in [-0.05, 0) is 60.8 Å². The van der Waals surface area contributed by atoms with Crippen molar-refractivity contribution in [1.29, 1.82) is 0 Å². The second-order valence-electron chi connectivity index (χ2n) is 7.79. The molecule has 4 nitrogen and oxygen atoms in total. The lowest BCUT2D eigenvalue weighted by Crippen LogP contribution is -2.29. The molecule has 0 aliphatic heterocycles. The van der Waals surface area contributed by atoms with Gasteiger partial charge in [-0.1, -0.05) is 60.5 Å². The number of para-hydroxylation sites is 3. The zero-order valence-corrected chi connectivity index (χ0v) is 18.0. The van der Waals surface area contributed by atoms with Crippen molar-refractivity contribution in [3.8, 4) is 0 Å². The van der Waals surface area contributed by atoms with Crippen molar-refractivity contribution in [1.82, 2.24) is 4.40 Å². The monoisotopic (exact) mass is 484 g/mol. The van der Waals surface area contributed by atoms with Gasteiger partial charge in [0, 0.05) is 34.3 Å². The van der Waals surface area contributed by atoms with Crippen LogP contribution >= 0.6 is 0 Å². The smallest absolute Gasteiger partial charge is 0.197 e. The fourth-order valence-electron chi connectivity index (χ4n) is 4.34. The number of hydrogen-bond acceptors (Lipinski definition) is 3. The van der Waals surface area contributed by atoms with Crippen LogP contribution in [0.5, 0.6) is 0 Å². The lowest BCUT2D eigenvalue weighted by molar-refractivity contribution is 0.785. The normalized spacial score (nSPS) is 25.3. The van der Waals surface area contributed by atoms with Crippen LogP contribution < -0.4 is 15.8 Å². The van der Waals surface area contributed by atoms with Crippen molar-refractivity contribution in [3.05, 3.63) is 135 Å². The summed E-state index contributed by atoms with van der Waals surface area (Å²) in [5.74, 6) is 0. The van der Waals surface area contributed by atoms with Gasteiger partial charge in [0.05, 0.1) is 45.9 Å². The molecule has 2 heterocycles. The van der Waals surface area contributed by atoms with Gasteiger partial charge < -0.3 is 9.30 Å². The van der Waals surface area contributed by atoms with Crippen molar-refractivity contribution in [3.63, 3.8) is 0 Å². The number of rotatable bonds is 3. The maximum absolute atomic E-state index is 14.4. The Morgan fingerprint density at radius 2 is 1.50 bits per heavy atom. The van der Waals surface area contributed by atoms with Crippen molar-refractivity contribution in [2.75, 3.05) is 4.90 Å². The molecule has 2 atom stereocenters. The van der Waals surface area contributed by atoms with Gasteiger partial charge in [-0.25, -0.2) is 0 Å². The van der Waals surface area contributed by atoms with E-state index in [1.165, 1.54) is 0 Å². The number of hydrogen-bond donors (Lipinski definition) is 0. The number of anilines is 2. The first-order chi connectivity index (χ1) is 25.2. The lowest BCUT2D eigenvalue weighted by atomic mass is 10.0. The lowest BCUT2D eigenvalue weighted by Gasteiger charge is -2.33. The number of benzene rings is 4. The molecular formula is C32H22N2O2. The van der Waals surface area contributed by atoms with Crippen LogP contribution in [0.4, 0.5) is 11.4 Å². The van der Waals surface area contributed by atoms with Crippen LogP contribution in [-0.2, 0) is 0 Å². The molecule has 6 aromatic rings. The summed E-state index contributed by atoms with van der Waals surface area (Å²) >= 11 is 0. The number of pyridine rings is 2. The average molecular weight is 485 g/mol. The Hall–Kier alpha value is -4.70. The molecular weight excluding hydrogens is 444 g/mol. The third-order valence-corrected chi connectivity index (χ3v) is 5.86. The molecule has 0 spiro atoms. The van der Waals surface area contributed by atoms with E-state index >= 15 is 0 Å². The molecule has 172 valence electrons. The molecule has 1 aliphatic carbocycles. The summed E-state index contributed by atoms with van der Waals surface area (Å²) in [6.07, 6.45) is -0.810. The topological polar surface area (TPSA) is 41.8 Å². The Bertz CT molecular complexity index is 2920. The number of nitrogens with zero attached hydrogens (tertiary/aromatic N) is 2. The second-order valence-corrected chi connectivity index (χ2v) is 7.79. The molecule has 0 saturated carbocycles. The molecule has 0 amide bonds. The Morgan fingerprint density at radius 1 is 0.750 bits per heavy atom. The summed E-state index contributed by atoms with van der Waals surface area (Å²) in [5.41, 5.74) is -5.59. The molecule has 0 fully saturated rings. The first-order valence-electron chi connectivity index (χ1n) is 19.7. The summed E-state index contributed by atoms with van der Waals surface area (Å²) in [4.78, 5) is 29.3. The number of aromatic nitrogens is 1. The molecule has 0 N–H and O–H groups in total. The highest BCUT2D eigenvalue weighted by Crippen LogP contribution is 2.34.